The van der Waals surface area contributed by atoms with Crippen LogP contribution in [0.3, 0.4) is 0 Å². The summed E-state index contributed by atoms with van der Waals surface area (Å²) in [6.45, 7) is 1.05. The van der Waals surface area contributed by atoms with Gasteiger partial charge in [-0.15, -0.1) is 37.2 Å². The summed E-state index contributed by atoms with van der Waals surface area (Å²) in [5, 5.41) is 19.8. The number of carbonyl (C=O) groups is 4. The van der Waals surface area contributed by atoms with E-state index in [-0.39, 0.29) is 69.1 Å². The molecule has 0 aliphatic carbocycles. The number of hydrogen-bond acceptors (Lipinski definition) is 11. The second kappa shape index (κ2) is 20.0. The molecular weight excluding hydrogens is 673 g/mol. The van der Waals surface area contributed by atoms with Gasteiger partial charge in [0.2, 0.25) is 5.91 Å². The van der Waals surface area contributed by atoms with Crippen LogP contribution in [-0.4, -0.2) is 89.3 Å². The van der Waals surface area contributed by atoms with Crippen LogP contribution >= 0.6 is 37.2 Å². The monoisotopic (exact) mass is 713 g/mol. The molecule has 2 unspecified atom stereocenters. The molecule has 47 heavy (non-hydrogen) atoms. The SMILES string of the molecule is Cl.Cl.Cl.NCC(=O)N1CCNC(C(=O)OC(=O)[C@]2(NC(=O)C(O)CCc3ccccc3)CCCN2)C1.Nc1cnc2ccccc2c1. The van der Waals surface area contributed by atoms with Gasteiger partial charge in [0.1, 0.15) is 12.1 Å². The topological polar surface area (TPSA) is 202 Å². The van der Waals surface area contributed by atoms with Crippen molar-refractivity contribution in [3.05, 3.63) is 72.4 Å². The second-order valence-electron chi connectivity index (χ2n) is 10.7. The van der Waals surface area contributed by atoms with E-state index in [0.717, 1.165) is 16.5 Å². The molecule has 2 amide bonds. The molecule has 0 radical (unpaired) electrons. The third-order valence-corrected chi connectivity index (χ3v) is 7.48. The molecule has 2 fully saturated rings. The van der Waals surface area contributed by atoms with Crippen LogP contribution in [0.2, 0.25) is 0 Å². The Morgan fingerprint density at radius 2 is 1.77 bits per heavy atom. The highest BCUT2D eigenvalue weighted by Crippen LogP contribution is 2.20. The van der Waals surface area contributed by atoms with Gasteiger partial charge >= 0.3 is 11.9 Å². The number of aliphatic hydroxyl groups is 1. The number of ether oxygens (including phenoxy) is 1. The molecule has 1 aromatic heterocycles. The van der Waals surface area contributed by atoms with Crippen molar-refractivity contribution in [3.63, 3.8) is 0 Å². The van der Waals surface area contributed by atoms with Gasteiger partial charge in [-0.2, -0.15) is 0 Å². The fourth-order valence-electron chi connectivity index (χ4n) is 5.05. The number of pyridine rings is 1. The van der Waals surface area contributed by atoms with Gasteiger partial charge in [0.05, 0.1) is 23.9 Å². The van der Waals surface area contributed by atoms with Crippen LogP contribution in [-0.2, 0) is 30.3 Å². The maximum absolute atomic E-state index is 12.9. The van der Waals surface area contributed by atoms with Crippen LogP contribution in [0.4, 0.5) is 5.69 Å². The molecule has 0 spiro atoms. The van der Waals surface area contributed by atoms with Gasteiger partial charge in [-0.1, -0.05) is 48.5 Å². The number of para-hydroxylation sites is 1. The molecule has 16 heteroatoms. The molecule has 0 saturated carbocycles. The standard InChI is InChI=1S/C22H31N5O6.C9H8N2.3ClH/c23-13-18(29)27-12-11-24-16(14-27)20(31)33-21(32)22(9-4-10-25-22)26-19(30)17(28)8-7-15-5-2-1-3-6-15;10-8-5-7-3-1-2-4-9(7)11-6-8;;;/h1-3,5-6,16-17,24-25,28H,4,7-14,23H2,(H,26,30);1-6H,10H2;3*1H/t16?,17?,22-;;;;/m1..../s1. The smallest absolute Gasteiger partial charge is 0.354 e. The first-order chi connectivity index (χ1) is 21.2. The van der Waals surface area contributed by atoms with E-state index in [0.29, 0.717) is 38.2 Å². The molecular formula is C31H42Cl3N7O6. The molecule has 8 N–H and O–H groups in total. The van der Waals surface area contributed by atoms with Gasteiger partial charge in [-0.25, -0.2) is 9.59 Å². The maximum atomic E-state index is 12.9. The lowest BCUT2D eigenvalue weighted by atomic mass is 10.0. The second-order valence-corrected chi connectivity index (χ2v) is 10.7. The van der Waals surface area contributed by atoms with Crippen molar-refractivity contribution in [2.75, 3.05) is 38.5 Å². The Hall–Kier alpha value is -3.56. The van der Waals surface area contributed by atoms with Crippen molar-refractivity contribution in [3.8, 4) is 0 Å². The van der Waals surface area contributed by atoms with Crippen LogP contribution in [0.5, 0.6) is 0 Å². The lowest BCUT2D eigenvalue weighted by Crippen LogP contribution is -2.64. The first kappa shape index (κ1) is 41.5. The predicted molar refractivity (Wildman–Crippen MR) is 185 cm³/mol. The molecule has 0 bridgehead atoms. The normalized spacial score (nSPS) is 18.9. The number of benzene rings is 2. The number of nitrogens with one attached hydrogen (secondary N) is 3. The number of nitrogens with two attached hydrogens (primary N) is 2. The summed E-state index contributed by atoms with van der Waals surface area (Å²) < 4.78 is 5.08. The number of rotatable bonds is 8. The number of hydrogen-bond donors (Lipinski definition) is 6. The molecule has 258 valence electrons. The summed E-state index contributed by atoms with van der Waals surface area (Å²) >= 11 is 0. The third kappa shape index (κ3) is 11.6. The van der Waals surface area contributed by atoms with Crippen LogP contribution in [0.25, 0.3) is 10.9 Å². The van der Waals surface area contributed by atoms with E-state index in [4.69, 9.17) is 16.2 Å². The largest absolute Gasteiger partial charge is 0.397 e. The number of nitrogens with zero attached hydrogens (tertiary/aromatic N) is 2. The van der Waals surface area contributed by atoms with E-state index in [1.807, 2.05) is 60.7 Å². The Morgan fingerprint density at radius 3 is 2.45 bits per heavy atom. The van der Waals surface area contributed by atoms with Gasteiger partial charge in [0.15, 0.2) is 5.66 Å². The molecule has 5 rings (SSSR count). The van der Waals surface area contributed by atoms with Gasteiger partial charge in [0.25, 0.3) is 5.91 Å². The van der Waals surface area contributed by atoms with E-state index < -0.39 is 35.7 Å². The summed E-state index contributed by atoms with van der Waals surface area (Å²) in [7, 11) is 0. The Balaban J connectivity index is 0.000000666. The van der Waals surface area contributed by atoms with E-state index in [9.17, 15) is 24.3 Å². The van der Waals surface area contributed by atoms with Crippen LogP contribution in [0, 0.1) is 0 Å². The van der Waals surface area contributed by atoms with E-state index in [1.165, 1.54) is 4.90 Å². The lowest BCUT2D eigenvalue weighted by Gasteiger charge is -2.33. The quantitative estimate of drug-likeness (QED) is 0.144. The number of piperazine rings is 1. The highest BCUT2D eigenvalue weighted by atomic mass is 35.5. The number of aliphatic hydroxyl groups excluding tert-OH is 1. The van der Waals surface area contributed by atoms with Gasteiger partial charge < -0.3 is 36.8 Å². The summed E-state index contributed by atoms with van der Waals surface area (Å²) in [6, 6.07) is 18.4. The van der Waals surface area contributed by atoms with Crippen molar-refractivity contribution in [1.82, 2.24) is 25.8 Å². The molecule has 2 aliphatic heterocycles. The average Bonchev–Trinajstić information content (AvgIpc) is 3.53. The summed E-state index contributed by atoms with van der Waals surface area (Å²) in [5.74, 6) is -2.81. The number of halogens is 3. The van der Waals surface area contributed by atoms with E-state index >= 15 is 0 Å². The Bertz CT molecular complexity index is 1460. The van der Waals surface area contributed by atoms with Crippen molar-refractivity contribution in [2.45, 2.75) is 43.5 Å². The first-order valence-corrected chi connectivity index (χ1v) is 14.6. The lowest BCUT2D eigenvalue weighted by molar-refractivity contribution is -0.169. The zero-order valence-electron chi connectivity index (χ0n) is 25.6. The minimum absolute atomic E-state index is 0. The minimum Gasteiger partial charge on any atom is -0.397 e. The Labute approximate surface area is 291 Å². The van der Waals surface area contributed by atoms with Gasteiger partial charge in [0, 0.05) is 25.0 Å². The average molecular weight is 715 g/mol. The molecule has 2 saturated heterocycles. The van der Waals surface area contributed by atoms with Crippen molar-refractivity contribution in [2.24, 2.45) is 5.73 Å². The van der Waals surface area contributed by atoms with Crippen LogP contribution in [0.1, 0.15) is 24.8 Å². The number of aromatic nitrogens is 1. The number of amides is 2. The fourth-order valence-corrected chi connectivity index (χ4v) is 5.05. The Morgan fingerprint density at radius 1 is 1.06 bits per heavy atom. The number of fused-ring (bicyclic) bond motifs is 1. The van der Waals surface area contributed by atoms with Crippen molar-refractivity contribution < 1.29 is 29.0 Å². The number of nitrogen functional groups attached to an aromatic ring is 1. The predicted octanol–water partition coefficient (Wildman–Crippen LogP) is 1.09. The number of carbonyl (C=O) groups excluding carboxylic acids is 4. The molecule has 3 aromatic rings. The molecule has 3 atom stereocenters. The molecule has 13 nitrogen and oxygen atoms in total. The van der Waals surface area contributed by atoms with Crippen LogP contribution < -0.4 is 27.4 Å². The fraction of sp³-hybridized carbons (Fsp3) is 0.387. The number of esters is 2. The summed E-state index contributed by atoms with van der Waals surface area (Å²) in [4.78, 5) is 55.5. The minimum atomic E-state index is -1.60. The molecule has 2 aliphatic rings. The van der Waals surface area contributed by atoms with Gasteiger partial charge in [-0.3, -0.25) is 19.9 Å². The number of anilines is 1. The highest BCUT2D eigenvalue weighted by Gasteiger charge is 2.46. The van der Waals surface area contributed by atoms with E-state index in [1.54, 1.807) is 6.20 Å². The summed E-state index contributed by atoms with van der Waals surface area (Å²) in [6.07, 6.45) is 1.79. The Kier molecular flexibility index (Phi) is 17.6. The maximum Gasteiger partial charge on any atom is 0.354 e. The zero-order chi connectivity index (χ0) is 31.5. The van der Waals surface area contributed by atoms with Gasteiger partial charge in [-0.05, 0) is 49.9 Å². The molecule has 3 heterocycles. The van der Waals surface area contributed by atoms with Crippen LogP contribution in [0.15, 0.2) is 66.9 Å². The van der Waals surface area contributed by atoms with Crippen molar-refractivity contribution in [1.29, 1.82) is 0 Å². The highest BCUT2D eigenvalue weighted by molar-refractivity contribution is 5.96. The number of aryl methyl sites for hydroxylation is 1. The zero-order valence-corrected chi connectivity index (χ0v) is 28.1. The van der Waals surface area contributed by atoms with Crippen molar-refractivity contribution >= 4 is 77.6 Å². The first-order valence-electron chi connectivity index (χ1n) is 14.6. The molecule has 2 aromatic carbocycles. The van der Waals surface area contributed by atoms with E-state index in [2.05, 4.69) is 20.9 Å². The third-order valence-electron chi connectivity index (χ3n) is 7.48. The summed E-state index contributed by atoms with van der Waals surface area (Å²) in [5.41, 5.74) is 12.0.